The van der Waals surface area contributed by atoms with Gasteiger partial charge in [0, 0.05) is 12.1 Å². The van der Waals surface area contributed by atoms with Crippen molar-refractivity contribution in [2.45, 2.75) is 25.2 Å². The number of imidazole rings is 1. The Bertz CT molecular complexity index is 581. The summed E-state index contributed by atoms with van der Waals surface area (Å²) in [5.74, 6) is 0.110. The molecule has 0 bridgehead atoms. The lowest BCUT2D eigenvalue weighted by Crippen LogP contribution is -2.13. The Hall–Kier alpha value is -1.79. The number of aliphatic hydroxyl groups excluding tert-OH is 1. The summed E-state index contributed by atoms with van der Waals surface area (Å²) in [5.41, 5.74) is 7.65. The van der Waals surface area contributed by atoms with Gasteiger partial charge in [0.1, 0.15) is 17.5 Å². The Balaban J connectivity index is 2.03. The highest BCUT2D eigenvalue weighted by Gasteiger charge is 2.27. The van der Waals surface area contributed by atoms with E-state index in [1.54, 1.807) is 12.4 Å². The number of fused-ring (bicyclic) bond motifs is 1. The Morgan fingerprint density at radius 2 is 2.28 bits per heavy atom. The number of benzene rings is 1. The number of phenolic OH excluding ortho intramolecular Hbond substituents is 1. The molecule has 0 saturated carbocycles. The van der Waals surface area contributed by atoms with Gasteiger partial charge in [-0.15, -0.1) is 0 Å². The van der Waals surface area contributed by atoms with Gasteiger partial charge in [-0.3, -0.25) is 0 Å². The molecule has 0 amide bonds. The van der Waals surface area contributed by atoms with Crippen molar-refractivity contribution in [2.75, 3.05) is 12.3 Å². The average molecular weight is 249 g/mol. The molecule has 18 heavy (non-hydrogen) atoms. The first-order valence-electron chi connectivity index (χ1n) is 5.90. The Labute approximate surface area is 104 Å². The van der Waals surface area contributed by atoms with Gasteiger partial charge < -0.3 is 25.3 Å². The van der Waals surface area contributed by atoms with E-state index in [1.807, 2.05) is 4.57 Å². The van der Waals surface area contributed by atoms with Gasteiger partial charge in [0.05, 0.1) is 30.2 Å². The van der Waals surface area contributed by atoms with E-state index in [9.17, 15) is 5.11 Å². The quantitative estimate of drug-likeness (QED) is 0.690. The van der Waals surface area contributed by atoms with Crippen LogP contribution in [0.4, 0.5) is 5.69 Å². The number of nitrogens with two attached hydrogens (primary N) is 1. The van der Waals surface area contributed by atoms with Crippen LogP contribution in [0.25, 0.3) is 11.0 Å². The summed E-state index contributed by atoms with van der Waals surface area (Å²) in [7, 11) is 0. The highest BCUT2D eigenvalue weighted by atomic mass is 16.5. The van der Waals surface area contributed by atoms with Crippen molar-refractivity contribution in [1.82, 2.24) is 9.55 Å². The van der Waals surface area contributed by atoms with E-state index in [4.69, 9.17) is 15.6 Å². The topological polar surface area (TPSA) is 93.5 Å². The third kappa shape index (κ3) is 1.70. The summed E-state index contributed by atoms with van der Waals surface area (Å²) < 4.78 is 7.54. The number of nitrogen functional groups attached to an aromatic ring is 1. The number of aromatic nitrogens is 2. The van der Waals surface area contributed by atoms with Gasteiger partial charge >= 0.3 is 0 Å². The molecule has 1 aromatic carbocycles. The first kappa shape index (κ1) is 11.3. The predicted molar refractivity (Wildman–Crippen MR) is 66.0 cm³/mol. The van der Waals surface area contributed by atoms with Crippen LogP contribution >= 0.6 is 0 Å². The molecule has 2 heterocycles. The third-order valence-corrected chi connectivity index (χ3v) is 3.29. The molecular formula is C12H15N3O3. The minimum atomic E-state index is -0.159. The number of phenols is 1. The summed E-state index contributed by atoms with van der Waals surface area (Å²) in [6, 6.07) is 3.10. The summed E-state index contributed by atoms with van der Waals surface area (Å²) in [6.07, 6.45) is 3.00. The lowest BCUT2D eigenvalue weighted by molar-refractivity contribution is -0.0204. The molecular weight excluding hydrogens is 234 g/mol. The second-order valence-corrected chi connectivity index (χ2v) is 4.53. The monoisotopic (exact) mass is 249 g/mol. The SMILES string of the molecule is Nc1cc(O)cc2c1ncn2[C@@H]1CC[C@@H](CO)O1. The molecule has 1 aliphatic rings. The number of nitrogens with zero attached hydrogens (tertiary/aromatic N) is 2. The highest BCUT2D eigenvalue weighted by Crippen LogP contribution is 2.33. The third-order valence-electron chi connectivity index (χ3n) is 3.29. The van der Waals surface area contributed by atoms with Crippen LogP contribution in [0.2, 0.25) is 0 Å². The molecule has 2 atom stereocenters. The fourth-order valence-electron chi connectivity index (χ4n) is 2.40. The van der Waals surface area contributed by atoms with E-state index in [0.717, 1.165) is 18.4 Å². The number of aliphatic hydroxyl groups is 1. The number of ether oxygens (including phenoxy) is 1. The van der Waals surface area contributed by atoms with Gasteiger partial charge in [0.2, 0.25) is 0 Å². The lowest BCUT2D eigenvalue weighted by atomic mass is 10.2. The van der Waals surface area contributed by atoms with Gasteiger partial charge in [0.25, 0.3) is 0 Å². The minimum Gasteiger partial charge on any atom is -0.508 e. The molecule has 96 valence electrons. The van der Waals surface area contributed by atoms with E-state index in [2.05, 4.69) is 4.98 Å². The first-order chi connectivity index (χ1) is 8.69. The molecule has 0 aliphatic carbocycles. The molecule has 1 fully saturated rings. The zero-order valence-electron chi connectivity index (χ0n) is 9.78. The molecule has 0 radical (unpaired) electrons. The normalized spacial score (nSPS) is 23.8. The van der Waals surface area contributed by atoms with Gasteiger partial charge in [0.15, 0.2) is 0 Å². The maximum Gasteiger partial charge on any atom is 0.135 e. The maximum absolute atomic E-state index is 9.59. The van der Waals surface area contributed by atoms with Crippen LogP contribution in [0.5, 0.6) is 5.75 Å². The first-order valence-corrected chi connectivity index (χ1v) is 5.90. The van der Waals surface area contributed by atoms with Gasteiger partial charge in [-0.05, 0) is 12.8 Å². The fourth-order valence-corrected chi connectivity index (χ4v) is 2.40. The van der Waals surface area contributed by atoms with Crippen molar-refractivity contribution in [3.05, 3.63) is 18.5 Å². The molecule has 1 aliphatic heterocycles. The average Bonchev–Trinajstić information content (AvgIpc) is 2.93. The predicted octanol–water partition coefficient (Wildman–Crippen LogP) is 0.994. The molecule has 4 N–H and O–H groups in total. The van der Waals surface area contributed by atoms with E-state index < -0.39 is 0 Å². The van der Waals surface area contributed by atoms with Gasteiger partial charge in [-0.25, -0.2) is 4.98 Å². The van der Waals surface area contributed by atoms with E-state index in [-0.39, 0.29) is 24.7 Å². The van der Waals surface area contributed by atoms with Crippen LogP contribution < -0.4 is 5.73 Å². The number of rotatable bonds is 2. The zero-order chi connectivity index (χ0) is 12.7. The maximum atomic E-state index is 9.59. The van der Waals surface area contributed by atoms with Gasteiger partial charge in [-0.1, -0.05) is 0 Å². The van der Waals surface area contributed by atoms with Crippen molar-refractivity contribution in [3.8, 4) is 5.75 Å². The lowest BCUT2D eigenvalue weighted by Gasteiger charge is -2.14. The summed E-state index contributed by atoms with van der Waals surface area (Å²) in [4.78, 5) is 4.24. The molecule has 0 spiro atoms. The highest BCUT2D eigenvalue weighted by molar-refractivity contribution is 5.88. The standard InChI is InChI=1S/C12H15N3O3/c13-9-3-7(17)4-10-12(9)14-6-15(10)11-2-1-8(5-16)18-11/h3-4,6,8,11,16-17H,1-2,5,13H2/t8-,11-/m0/s1. The van der Waals surface area contributed by atoms with Crippen LogP contribution in [0.1, 0.15) is 19.1 Å². The van der Waals surface area contributed by atoms with E-state index >= 15 is 0 Å². The zero-order valence-corrected chi connectivity index (χ0v) is 9.78. The smallest absolute Gasteiger partial charge is 0.135 e. The Morgan fingerprint density at radius 1 is 1.44 bits per heavy atom. The molecule has 6 nitrogen and oxygen atoms in total. The Morgan fingerprint density at radius 3 is 3.00 bits per heavy atom. The van der Waals surface area contributed by atoms with Crippen molar-refractivity contribution < 1.29 is 14.9 Å². The van der Waals surface area contributed by atoms with Gasteiger partial charge in [-0.2, -0.15) is 0 Å². The largest absolute Gasteiger partial charge is 0.508 e. The summed E-state index contributed by atoms with van der Waals surface area (Å²) in [5, 5.41) is 18.7. The number of aromatic hydroxyl groups is 1. The van der Waals surface area contributed by atoms with E-state index in [0.29, 0.717) is 11.2 Å². The number of anilines is 1. The van der Waals surface area contributed by atoms with Crippen LogP contribution in [0, 0.1) is 0 Å². The molecule has 1 saturated heterocycles. The van der Waals surface area contributed by atoms with Crippen LogP contribution in [-0.4, -0.2) is 32.5 Å². The molecule has 1 aromatic heterocycles. The molecule has 6 heteroatoms. The summed E-state index contributed by atoms with van der Waals surface area (Å²) >= 11 is 0. The second-order valence-electron chi connectivity index (χ2n) is 4.53. The van der Waals surface area contributed by atoms with Crippen molar-refractivity contribution in [1.29, 1.82) is 0 Å². The van der Waals surface area contributed by atoms with Crippen LogP contribution in [-0.2, 0) is 4.74 Å². The Kier molecular flexibility index (Phi) is 2.61. The fraction of sp³-hybridized carbons (Fsp3) is 0.417. The number of hydrogen-bond donors (Lipinski definition) is 3. The van der Waals surface area contributed by atoms with Crippen molar-refractivity contribution >= 4 is 16.7 Å². The minimum absolute atomic E-state index is 0.0243. The van der Waals surface area contributed by atoms with Crippen molar-refractivity contribution in [3.63, 3.8) is 0 Å². The molecule has 0 unspecified atom stereocenters. The summed E-state index contributed by atoms with van der Waals surface area (Å²) in [6.45, 7) is 0.0243. The second kappa shape index (κ2) is 4.15. The van der Waals surface area contributed by atoms with Crippen LogP contribution in [0.3, 0.4) is 0 Å². The molecule has 3 rings (SSSR count). The molecule has 2 aromatic rings. The number of hydrogen-bond acceptors (Lipinski definition) is 5. The van der Waals surface area contributed by atoms with Crippen molar-refractivity contribution in [2.24, 2.45) is 0 Å². The van der Waals surface area contributed by atoms with Crippen LogP contribution in [0.15, 0.2) is 18.5 Å². The van der Waals surface area contributed by atoms with E-state index in [1.165, 1.54) is 6.07 Å².